The van der Waals surface area contributed by atoms with Gasteiger partial charge in [-0.2, -0.15) is 0 Å². The average Bonchev–Trinajstić information content (AvgIpc) is 2.16. The van der Waals surface area contributed by atoms with E-state index in [4.69, 9.17) is 16.3 Å². The molecular formula is C10H10ClNO2. The number of halogens is 1. The van der Waals surface area contributed by atoms with Crippen molar-refractivity contribution >= 4 is 23.2 Å². The summed E-state index contributed by atoms with van der Waals surface area (Å²) in [6.45, 7) is 2.66. The summed E-state index contributed by atoms with van der Waals surface area (Å²) in [5, 5.41) is 0.612. The van der Waals surface area contributed by atoms with Crippen LogP contribution >= 0.6 is 11.6 Å². The van der Waals surface area contributed by atoms with Crippen LogP contribution in [0.4, 0.5) is 5.69 Å². The quantitative estimate of drug-likeness (QED) is 0.658. The SMILES string of the molecule is CC(=O)N1CCOc2ccc(Cl)cc21. The van der Waals surface area contributed by atoms with E-state index < -0.39 is 0 Å². The van der Waals surface area contributed by atoms with Crippen molar-refractivity contribution in [2.45, 2.75) is 6.92 Å². The summed E-state index contributed by atoms with van der Waals surface area (Å²) in [5.41, 5.74) is 0.760. The van der Waals surface area contributed by atoms with Crippen LogP contribution in [0.15, 0.2) is 18.2 Å². The summed E-state index contributed by atoms with van der Waals surface area (Å²) in [4.78, 5) is 13.0. The highest BCUT2D eigenvalue weighted by atomic mass is 35.5. The second-order valence-electron chi connectivity index (χ2n) is 3.13. The average molecular weight is 212 g/mol. The first kappa shape index (κ1) is 9.34. The highest BCUT2D eigenvalue weighted by Gasteiger charge is 2.20. The van der Waals surface area contributed by atoms with Gasteiger partial charge in [-0.3, -0.25) is 4.79 Å². The van der Waals surface area contributed by atoms with Gasteiger partial charge in [-0.1, -0.05) is 11.6 Å². The fraction of sp³-hybridized carbons (Fsp3) is 0.300. The minimum atomic E-state index is 0.0109. The summed E-state index contributed by atoms with van der Waals surface area (Å²) in [6.07, 6.45) is 0. The molecule has 0 atom stereocenters. The molecule has 1 amide bonds. The first-order valence-corrected chi connectivity index (χ1v) is 4.77. The van der Waals surface area contributed by atoms with Gasteiger partial charge < -0.3 is 9.64 Å². The third-order valence-corrected chi connectivity index (χ3v) is 2.40. The summed E-state index contributed by atoms with van der Waals surface area (Å²) in [7, 11) is 0. The third kappa shape index (κ3) is 1.55. The highest BCUT2D eigenvalue weighted by Crippen LogP contribution is 2.33. The number of fused-ring (bicyclic) bond motifs is 1. The van der Waals surface area contributed by atoms with Gasteiger partial charge >= 0.3 is 0 Å². The van der Waals surface area contributed by atoms with Crippen LogP contribution in [0, 0.1) is 0 Å². The zero-order valence-corrected chi connectivity index (χ0v) is 8.54. The molecule has 0 aromatic heterocycles. The number of carbonyl (C=O) groups excluding carboxylic acids is 1. The van der Waals surface area contributed by atoms with Gasteiger partial charge in [0.25, 0.3) is 0 Å². The van der Waals surface area contributed by atoms with Crippen molar-refractivity contribution in [1.29, 1.82) is 0 Å². The number of hydrogen-bond acceptors (Lipinski definition) is 2. The Hall–Kier alpha value is -1.22. The zero-order valence-electron chi connectivity index (χ0n) is 7.79. The van der Waals surface area contributed by atoms with Crippen molar-refractivity contribution in [3.8, 4) is 5.75 Å². The van der Waals surface area contributed by atoms with Crippen molar-refractivity contribution in [2.24, 2.45) is 0 Å². The number of ether oxygens (including phenoxy) is 1. The van der Waals surface area contributed by atoms with Gasteiger partial charge in [-0.25, -0.2) is 0 Å². The predicted molar refractivity (Wildman–Crippen MR) is 55.0 cm³/mol. The first-order valence-electron chi connectivity index (χ1n) is 4.39. The van der Waals surface area contributed by atoms with E-state index in [9.17, 15) is 4.79 Å². The van der Waals surface area contributed by atoms with Crippen molar-refractivity contribution in [1.82, 2.24) is 0 Å². The van der Waals surface area contributed by atoms with Crippen LogP contribution in [0.2, 0.25) is 5.02 Å². The number of amides is 1. The molecule has 0 unspecified atom stereocenters. The molecule has 0 fully saturated rings. The molecule has 0 spiro atoms. The van der Waals surface area contributed by atoms with E-state index in [1.807, 2.05) is 0 Å². The van der Waals surface area contributed by atoms with E-state index >= 15 is 0 Å². The minimum Gasteiger partial charge on any atom is -0.490 e. The van der Waals surface area contributed by atoms with E-state index in [0.717, 1.165) is 11.4 Å². The second-order valence-corrected chi connectivity index (χ2v) is 3.57. The molecular weight excluding hydrogens is 202 g/mol. The largest absolute Gasteiger partial charge is 0.490 e. The minimum absolute atomic E-state index is 0.0109. The van der Waals surface area contributed by atoms with E-state index in [1.165, 1.54) is 6.92 Å². The van der Waals surface area contributed by atoms with Crippen LogP contribution in [0.5, 0.6) is 5.75 Å². The Kier molecular flexibility index (Phi) is 2.33. The van der Waals surface area contributed by atoms with Crippen LogP contribution in [0.3, 0.4) is 0 Å². The Morgan fingerprint density at radius 1 is 1.57 bits per heavy atom. The smallest absolute Gasteiger partial charge is 0.224 e. The van der Waals surface area contributed by atoms with E-state index in [0.29, 0.717) is 18.2 Å². The molecule has 0 radical (unpaired) electrons. The molecule has 4 heteroatoms. The Morgan fingerprint density at radius 2 is 2.36 bits per heavy atom. The molecule has 1 aromatic carbocycles. The van der Waals surface area contributed by atoms with E-state index in [2.05, 4.69) is 0 Å². The van der Waals surface area contributed by atoms with Gasteiger partial charge in [0.1, 0.15) is 12.4 Å². The highest BCUT2D eigenvalue weighted by molar-refractivity contribution is 6.31. The normalized spacial score (nSPS) is 14.6. The zero-order chi connectivity index (χ0) is 10.1. The molecule has 2 rings (SSSR count). The lowest BCUT2D eigenvalue weighted by Gasteiger charge is -2.28. The van der Waals surface area contributed by atoms with Crippen molar-refractivity contribution in [3.63, 3.8) is 0 Å². The number of hydrogen-bond donors (Lipinski definition) is 0. The van der Waals surface area contributed by atoms with Gasteiger partial charge in [-0.15, -0.1) is 0 Å². The van der Waals surface area contributed by atoms with Gasteiger partial charge in [0, 0.05) is 11.9 Å². The number of rotatable bonds is 0. The summed E-state index contributed by atoms with van der Waals surface area (Å²) >= 11 is 5.85. The van der Waals surface area contributed by atoms with Crippen LogP contribution in [0.1, 0.15) is 6.92 Å². The molecule has 14 heavy (non-hydrogen) atoms. The molecule has 0 bridgehead atoms. The third-order valence-electron chi connectivity index (χ3n) is 2.16. The lowest BCUT2D eigenvalue weighted by Crippen LogP contribution is -2.36. The molecule has 1 aliphatic rings. The number of carbonyl (C=O) groups is 1. The molecule has 3 nitrogen and oxygen atoms in total. The molecule has 1 aromatic rings. The molecule has 1 heterocycles. The van der Waals surface area contributed by atoms with Gasteiger partial charge in [0.2, 0.25) is 5.91 Å². The molecule has 0 aliphatic carbocycles. The van der Waals surface area contributed by atoms with Crippen molar-refractivity contribution in [3.05, 3.63) is 23.2 Å². The molecule has 0 N–H and O–H groups in total. The van der Waals surface area contributed by atoms with Crippen LogP contribution in [0.25, 0.3) is 0 Å². The predicted octanol–water partition coefficient (Wildman–Crippen LogP) is 2.09. The molecule has 0 saturated carbocycles. The van der Waals surface area contributed by atoms with Crippen molar-refractivity contribution < 1.29 is 9.53 Å². The lowest BCUT2D eigenvalue weighted by atomic mass is 10.2. The van der Waals surface area contributed by atoms with E-state index in [-0.39, 0.29) is 5.91 Å². The van der Waals surface area contributed by atoms with Crippen LogP contribution < -0.4 is 9.64 Å². The lowest BCUT2D eigenvalue weighted by molar-refractivity contribution is -0.116. The van der Waals surface area contributed by atoms with Crippen LogP contribution in [-0.2, 0) is 4.79 Å². The fourth-order valence-corrected chi connectivity index (χ4v) is 1.68. The van der Waals surface area contributed by atoms with Gasteiger partial charge in [0.05, 0.1) is 12.2 Å². The van der Waals surface area contributed by atoms with Crippen LogP contribution in [-0.4, -0.2) is 19.1 Å². The summed E-state index contributed by atoms with van der Waals surface area (Å²) in [5.74, 6) is 0.729. The van der Waals surface area contributed by atoms with Crippen molar-refractivity contribution in [2.75, 3.05) is 18.1 Å². The Morgan fingerprint density at radius 3 is 3.07 bits per heavy atom. The topological polar surface area (TPSA) is 29.5 Å². The summed E-state index contributed by atoms with van der Waals surface area (Å²) < 4.78 is 5.41. The molecule has 0 saturated heterocycles. The fourth-order valence-electron chi connectivity index (χ4n) is 1.52. The Balaban J connectivity index is 2.46. The van der Waals surface area contributed by atoms with Gasteiger partial charge in [0.15, 0.2) is 0 Å². The van der Waals surface area contributed by atoms with Gasteiger partial charge in [-0.05, 0) is 18.2 Å². The molecule has 1 aliphatic heterocycles. The number of benzene rings is 1. The van der Waals surface area contributed by atoms with E-state index in [1.54, 1.807) is 23.1 Å². The summed E-state index contributed by atoms with van der Waals surface area (Å²) in [6, 6.07) is 5.29. The molecule has 74 valence electrons. The standard InChI is InChI=1S/C10H10ClNO2/c1-7(13)12-4-5-14-10-3-2-8(11)6-9(10)12/h2-3,6H,4-5H2,1H3. The Labute approximate surface area is 87.2 Å². The second kappa shape index (κ2) is 3.50. The maximum absolute atomic E-state index is 11.3. The monoisotopic (exact) mass is 211 g/mol. The maximum Gasteiger partial charge on any atom is 0.224 e. The number of anilines is 1. The first-order chi connectivity index (χ1) is 6.68. The Bertz CT molecular complexity index is 378. The maximum atomic E-state index is 11.3. The number of nitrogens with zero attached hydrogens (tertiary/aromatic N) is 1.